The number of carbonyl (C=O) groups is 1. The number of likely N-dealkylation sites (tertiary alicyclic amines) is 1. The van der Waals surface area contributed by atoms with Gasteiger partial charge in [-0.15, -0.1) is 0 Å². The SMILES string of the molecule is O=C1CCCN1C1CN(c2nc(-c3ccc(F)cc3)no2)N=C1c1ccc(Cl)cc1. The highest BCUT2D eigenvalue weighted by Crippen LogP contribution is 2.28. The predicted octanol–water partition coefficient (Wildman–Crippen LogP) is 3.74. The first-order valence-electron chi connectivity index (χ1n) is 9.59. The van der Waals surface area contributed by atoms with Crippen LogP contribution in [0.4, 0.5) is 10.4 Å². The van der Waals surface area contributed by atoms with E-state index in [1.807, 2.05) is 17.0 Å². The van der Waals surface area contributed by atoms with E-state index in [1.54, 1.807) is 29.3 Å². The Balaban J connectivity index is 1.47. The normalized spacial score (nSPS) is 18.9. The van der Waals surface area contributed by atoms with Gasteiger partial charge < -0.3 is 9.42 Å². The number of nitrogens with zero attached hydrogens (tertiary/aromatic N) is 5. The number of hydrogen-bond acceptors (Lipinski definition) is 6. The van der Waals surface area contributed by atoms with Gasteiger partial charge in [-0.25, -0.2) is 9.40 Å². The summed E-state index contributed by atoms with van der Waals surface area (Å²) < 4.78 is 18.6. The lowest BCUT2D eigenvalue weighted by Gasteiger charge is -2.25. The summed E-state index contributed by atoms with van der Waals surface area (Å²) in [5.41, 5.74) is 2.27. The fourth-order valence-corrected chi connectivity index (χ4v) is 3.89. The van der Waals surface area contributed by atoms with Gasteiger partial charge in [0, 0.05) is 29.1 Å². The lowest BCUT2D eigenvalue weighted by molar-refractivity contribution is -0.128. The largest absolute Gasteiger partial charge is 0.344 e. The number of hydrogen-bond donors (Lipinski definition) is 0. The van der Waals surface area contributed by atoms with Crippen LogP contribution in [0.5, 0.6) is 0 Å². The van der Waals surface area contributed by atoms with Crippen LogP contribution in [-0.2, 0) is 4.79 Å². The fraction of sp³-hybridized carbons (Fsp3) is 0.238. The van der Waals surface area contributed by atoms with Crippen molar-refractivity contribution in [1.29, 1.82) is 0 Å². The third-order valence-corrected chi connectivity index (χ3v) is 5.51. The van der Waals surface area contributed by atoms with E-state index >= 15 is 0 Å². The van der Waals surface area contributed by atoms with Crippen molar-refractivity contribution in [2.45, 2.75) is 18.9 Å². The first-order chi connectivity index (χ1) is 14.6. The summed E-state index contributed by atoms with van der Waals surface area (Å²) in [5.74, 6) is 0.118. The monoisotopic (exact) mass is 425 g/mol. The Kier molecular flexibility index (Phi) is 4.71. The van der Waals surface area contributed by atoms with Crippen molar-refractivity contribution >= 4 is 29.2 Å². The van der Waals surface area contributed by atoms with Crippen LogP contribution >= 0.6 is 11.6 Å². The second kappa shape index (κ2) is 7.53. The van der Waals surface area contributed by atoms with Crippen LogP contribution in [-0.4, -0.2) is 45.8 Å². The van der Waals surface area contributed by atoms with Crippen LogP contribution in [0, 0.1) is 5.82 Å². The summed E-state index contributed by atoms with van der Waals surface area (Å²) in [7, 11) is 0. The molecule has 1 saturated heterocycles. The van der Waals surface area contributed by atoms with E-state index < -0.39 is 0 Å². The van der Waals surface area contributed by atoms with E-state index in [4.69, 9.17) is 21.2 Å². The maximum atomic E-state index is 13.2. The summed E-state index contributed by atoms with van der Waals surface area (Å²) >= 11 is 6.03. The molecule has 0 radical (unpaired) electrons. The topological polar surface area (TPSA) is 74.8 Å². The second-order valence-corrected chi connectivity index (χ2v) is 7.62. The zero-order valence-electron chi connectivity index (χ0n) is 15.8. The van der Waals surface area contributed by atoms with Crippen LogP contribution < -0.4 is 5.01 Å². The van der Waals surface area contributed by atoms with Gasteiger partial charge in [-0.3, -0.25) is 4.79 Å². The van der Waals surface area contributed by atoms with Crippen LogP contribution in [0.2, 0.25) is 5.02 Å². The highest BCUT2D eigenvalue weighted by atomic mass is 35.5. The number of carbonyl (C=O) groups excluding carboxylic acids is 1. The van der Waals surface area contributed by atoms with Gasteiger partial charge in [0.15, 0.2) is 0 Å². The number of rotatable bonds is 4. The van der Waals surface area contributed by atoms with Crippen LogP contribution in [0.25, 0.3) is 11.4 Å². The fourth-order valence-electron chi connectivity index (χ4n) is 3.76. The molecular formula is C21H17ClFN5O2. The Hall–Kier alpha value is -3.26. The second-order valence-electron chi connectivity index (χ2n) is 7.19. The molecule has 5 rings (SSSR count). The molecule has 1 amide bonds. The molecule has 0 aliphatic carbocycles. The molecule has 2 aliphatic heterocycles. The van der Waals surface area contributed by atoms with Crippen molar-refractivity contribution in [1.82, 2.24) is 15.0 Å². The van der Waals surface area contributed by atoms with Crippen molar-refractivity contribution in [3.05, 3.63) is 64.9 Å². The van der Waals surface area contributed by atoms with Crippen molar-refractivity contribution in [2.75, 3.05) is 18.1 Å². The van der Waals surface area contributed by atoms with E-state index in [2.05, 4.69) is 10.1 Å². The van der Waals surface area contributed by atoms with Crippen LogP contribution in [0.15, 0.2) is 58.2 Å². The Bertz CT molecular complexity index is 1110. The van der Waals surface area contributed by atoms with Gasteiger partial charge in [-0.1, -0.05) is 28.9 Å². The molecule has 152 valence electrons. The van der Waals surface area contributed by atoms with Crippen molar-refractivity contribution in [3.8, 4) is 11.4 Å². The summed E-state index contributed by atoms with van der Waals surface area (Å²) in [4.78, 5) is 18.7. The number of benzene rings is 2. The first-order valence-corrected chi connectivity index (χ1v) is 9.97. The molecule has 1 atom stereocenters. The number of hydrazone groups is 1. The maximum Gasteiger partial charge on any atom is 0.344 e. The van der Waals surface area contributed by atoms with E-state index in [-0.39, 0.29) is 23.8 Å². The van der Waals surface area contributed by atoms with Gasteiger partial charge in [-0.05, 0) is 42.8 Å². The molecule has 0 spiro atoms. The van der Waals surface area contributed by atoms with Gasteiger partial charge in [0.25, 0.3) is 0 Å². The molecule has 1 aromatic heterocycles. The quantitative estimate of drug-likeness (QED) is 0.636. The summed E-state index contributed by atoms with van der Waals surface area (Å²) in [5, 5.41) is 10.9. The van der Waals surface area contributed by atoms with Gasteiger partial charge in [0.05, 0.1) is 18.3 Å². The minimum Gasteiger partial charge on any atom is -0.332 e. The molecule has 0 saturated carbocycles. The van der Waals surface area contributed by atoms with Crippen molar-refractivity contribution in [2.24, 2.45) is 5.10 Å². The maximum absolute atomic E-state index is 13.2. The number of amides is 1. The molecule has 1 unspecified atom stereocenters. The third kappa shape index (κ3) is 3.43. The molecule has 0 N–H and O–H groups in total. The average Bonchev–Trinajstić information content (AvgIpc) is 3.48. The first kappa shape index (κ1) is 18.7. The summed E-state index contributed by atoms with van der Waals surface area (Å²) in [6.45, 7) is 1.10. The molecule has 2 aliphatic rings. The molecule has 3 heterocycles. The Labute approximate surface area is 176 Å². The van der Waals surface area contributed by atoms with Crippen LogP contribution in [0.3, 0.4) is 0 Å². The van der Waals surface area contributed by atoms with Gasteiger partial charge in [0.2, 0.25) is 11.7 Å². The van der Waals surface area contributed by atoms with Crippen LogP contribution in [0.1, 0.15) is 18.4 Å². The Morgan fingerprint density at radius 1 is 1.07 bits per heavy atom. The number of anilines is 1. The van der Waals surface area contributed by atoms with Gasteiger partial charge >= 0.3 is 6.01 Å². The van der Waals surface area contributed by atoms with E-state index in [0.29, 0.717) is 35.9 Å². The minimum atomic E-state index is -0.336. The lowest BCUT2D eigenvalue weighted by Crippen LogP contribution is -2.44. The highest BCUT2D eigenvalue weighted by molar-refractivity contribution is 6.30. The summed E-state index contributed by atoms with van der Waals surface area (Å²) in [6.07, 6.45) is 1.37. The molecule has 3 aromatic rings. The Morgan fingerprint density at radius 2 is 1.80 bits per heavy atom. The molecule has 1 fully saturated rings. The van der Waals surface area contributed by atoms with Gasteiger partial charge in [-0.2, -0.15) is 10.1 Å². The zero-order valence-corrected chi connectivity index (χ0v) is 16.6. The zero-order chi connectivity index (χ0) is 20.7. The summed E-state index contributed by atoms with van der Waals surface area (Å²) in [6, 6.07) is 13.2. The molecule has 9 heteroatoms. The van der Waals surface area contributed by atoms with Crippen molar-refractivity contribution in [3.63, 3.8) is 0 Å². The lowest BCUT2D eigenvalue weighted by atomic mass is 10.0. The molecule has 30 heavy (non-hydrogen) atoms. The average molecular weight is 426 g/mol. The molecular weight excluding hydrogens is 409 g/mol. The van der Waals surface area contributed by atoms with E-state index in [1.165, 1.54) is 12.1 Å². The number of halogens is 2. The predicted molar refractivity (Wildman–Crippen MR) is 110 cm³/mol. The minimum absolute atomic E-state index is 0.112. The highest BCUT2D eigenvalue weighted by Gasteiger charge is 2.39. The molecule has 2 aromatic carbocycles. The van der Waals surface area contributed by atoms with E-state index in [0.717, 1.165) is 17.7 Å². The molecule has 0 bridgehead atoms. The van der Waals surface area contributed by atoms with Crippen molar-refractivity contribution < 1.29 is 13.7 Å². The Morgan fingerprint density at radius 3 is 2.50 bits per heavy atom. The molecule has 7 nitrogen and oxygen atoms in total. The van der Waals surface area contributed by atoms with E-state index in [9.17, 15) is 9.18 Å². The van der Waals surface area contributed by atoms with Gasteiger partial charge in [0.1, 0.15) is 5.82 Å². The number of aromatic nitrogens is 2. The standard InChI is InChI=1S/C21H17ClFN5O2/c22-15-7-3-13(4-8-15)19-17(27-11-1-2-18(27)29)12-28(25-19)21-24-20(26-30-21)14-5-9-16(23)10-6-14/h3-10,17H,1-2,11-12H2. The third-order valence-electron chi connectivity index (χ3n) is 5.25. The smallest absolute Gasteiger partial charge is 0.332 e.